The Morgan fingerprint density at radius 3 is 2.33 bits per heavy atom. The van der Waals surface area contributed by atoms with Crippen LogP contribution in [-0.2, 0) is 4.79 Å². The number of hydrogen-bond donors (Lipinski definition) is 0. The number of hydrogen-bond acceptors (Lipinski definition) is 3. The summed E-state index contributed by atoms with van der Waals surface area (Å²) in [6.45, 7) is 6.74. The molecule has 5 heteroatoms. The monoisotopic (exact) mass is 313 g/mol. The van der Waals surface area contributed by atoms with Gasteiger partial charge in [-0.2, -0.15) is 0 Å². The molecular weight excluding hydrogens is 293 g/mol. The van der Waals surface area contributed by atoms with Crippen LogP contribution in [0.1, 0.15) is 39.2 Å². The number of Topliss-reactive ketones (excluding diaryl/α,β-unsaturated/α-hetero) is 1. The van der Waals surface area contributed by atoms with Gasteiger partial charge in [0.2, 0.25) is 0 Å². The zero-order valence-corrected chi connectivity index (χ0v) is 13.7. The maximum absolute atomic E-state index is 13.6. The van der Waals surface area contributed by atoms with Crippen molar-refractivity contribution in [2.45, 2.75) is 45.9 Å². The standard InChI is InChI=1S/C16H21ClFNO2/c1-9(2)12-6-13(17)8-14(7-12)21-16(11(4)20)15(19-5)10(3)18/h6-10,16H,1-5H3. The van der Waals surface area contributed by atoms with Gasteiger partial charge in [0.1, 0.15) is 11.9 Å². The van der Waals surface area contributed by atoms with Crippen molar-refractivity contribution in [2.24, 2.45) is 4.99 Å². The van der Waals surface area contributed by atoms with Crippen molar-refractivity contribution >= 4 is 23.1 Å². The molecule has 0 saturated heterocycles. The van der Waals surface area contributed by atoms with Crippen molar-refractivity contribution in [1.29, 1.82) is 0 Å². The van der Waals surface area contributed by atoms with Gasteiger partial charge in [0.05, 0.1) is 5.71 Å². The van der Waals surface area contributed by atoms with Crippen LogP contribution in [0, 0.1) is 0 Å². The lowest BCUT2D eigenvalue weighted by Crippen LogP contribution is -2.38. The lowest BCUT2D eigenvalue weighted by Gasteiger charge is -2.20. The van der Waals surface area contributed by atoms with Gasteiger partial charge in [-0.1, -0.05) is 25.4 Å². The molecule has 0 aromatic heterocycles. The van der Waals surface area contributed by atoms with Crippen LogP contribution in [0.3, 0.4) is 0 Å². The van der Waals surface area contributed by atoms with Crippen molar-refractivity contribution < 1.29 is 13.9 Å². The number of alkyl halides is 1. The van der Waals surface area contributed by atoms with E-state index in [-0.39, 0.29) is 17.4 Å². The van der Waals surface area contributed by atoms with Gasteiger partial charge in [-0.15, -0.1) is 0 Å². The van der Waals surface area contributed by atoms with E-state index < -0.39 is 12.3 Å². The Labute approximate surface area is 130 Å². The molecule has 3 nitrogen and oxygen atoms in total. The molecule has 2 atom stereocenters. The summed E-state index contributed by atoms with van der Waals surface area (Å²) in [5, 5.41) is 0.516. The Bertz CT molecular complexity index is 541. The molecule has 2 unspecified atom stereocenters. The first kappa shape index (κ1) is 17.6. The molecule has 0 N–H and O–H groups in total. The Morgan fingerprint density at radius 1 is 1.29 bits per heavy atom. The molecule has 0 aliphatic rings. The maximum Gasteiger partial charge on any atom is 0.197 e. The average Bonchev–Trinajstić information content (AvgIpc) is 2.37. The predicted octanol–water partition coefficient (Wildman–Crippen LogP) is 4.23. The minimum Gasteiger partial charge on any atom is -0.476 e. The minimum atomic E-state index is -1.35. The summed E-state index contributed by atoms with van der Waals surface area (Å²) in [4.78, 5) is 15.6. The van der Waals surface area contributed by atoms with Crippen molar-refractivity contribution in [1.82, 2.24) is 0 Å². The lowest BCUT2D eigenvalue weighted by atomic mass is 10.0. The average molecular weight is 314 g/mol. The van der Waals surface area contributed by atoms with E-state index in [9.17, 15) is 9.18 Å². The van der Waals surface area contributed by atoms with Gasteiger partial charge in [0, 0.05) is 12.1 Å². The first-order valence-electron chi connectivity index (χ1n) is 6.84. The first-order valence-corrected chi connectivity index (χ1v) is 7.22. The largest absolute Gasteiger partial charge is 0.476 e. The van der Waals surface area contributed by atoms with E-state index in [4.69, 9.17) is 16.3 Å². The van der Waals surface area contributed by atoms with E-state index in [0.29, 0.717) is 10.8 Å². The highest BCUT2D eigenvalue weighted by molar-refractivity contribution is 6.30. The highest BCUT2D eigenvalue weighted by Crippen LogP contribution is 2.27. The summed E-state index contributed by atoms with van der Waals surface area (Å²) >= 11 is 6.06. The van der Waals surface area contributed by atoms with Crippen LogP contribution in [0.2, 0.25) is 5.02 Å². The third-order valence-electron chi connectivity index (χ3n) is 3.12. The minimum absolute atomic E-state index is 0.0774. The first-order chi connectivity index (χ1) is 9.76. The fourth-order valence-electron chi connectivity index (χ4n) is 1.98. The number of ether oxygens (including phenoxy) is 1. The molecule has 1 aromatic rings. The summed E-state index contributed by atoms with van der Waals surface area (Å²) in [5.41, 5.74) is 1.07. The number of aliphatic imine (C=N–C) groups is 1. The van der Waals surface area contributed by atoms with Gasteiger partial charge in [-0.25, -0.2) is 4.39 Å². The molecule has 0 heterocycles. The predicted molar refractivity (Wildman–Crippen MR) is 84.6 cm³/mol. The van der Waals surface area contributed by atoms with Gasteiger partial charge < -0.3 is 4.74 Å². The number of ketones is 1. The number of benzene rings is 1. The van der Waals surface area contributed by atoms with E-state index in [1.54, 1.807) is 6.07 Å². The van der Waals surface area contributed by atoms with Gasteiger partial charge in [-0.3, -0.25) is 9.79 Å². The van der Waals surface area contributed by atoms with E-state index in [1.165, 1.54) is 20.9 Å². The molecule has 0 spiro atoms. The molecule has 116 valence electrons. The highest BCUT2D eigenvalue weighted by atomic mass is 35.5. The van der Waals surface area contributed by atoms with Crippen molar-refractivity contribution in [2.75, 3.05) is 7.05 Å². The van der Waals surface area contributed by atoms with E-state index in [0.717, 1.165) is 5.56 Å². The van der Waals surface area contributed by atoms with E-state index in [1.807, 2.05) is 26.0 Å². The summed E-state index contributed by atoms with van der Waals surface area (Å²) in [6, 6.07) is 5.26. The van der Waals surface area contributed by atoms with Crippen molar-refractivity contribution in [3.63, 3.8) is 0 Å². The second kappa shape index (κ2) is 7.55. The fourth-order valence-corrected chi connectivity index (χ4v) is 2.21. The van der Waals surface area contributed by atoms with Crippen LogP contribution < -0.4 is 4.74 Å². The van der Waals surface area contributed by atoms with Crippen molar-refractivity contribution in [3.8, 4) is 5.75 Å². The Balaban J connectivity index is 3.13. The second-order valence-electron chi connectivity index (χ2n) is 5.25. The van der Waals surface area contributed by atoms with Crippen LogP contribution in [0.5, 0.6) is 5.75 Å². The van der Waals surface area contributed by atoms with Crippen LogP contribution in [0.25, 0.3) is 0 Å². The van der Waals surface area contributed by atoms with Crippen molar-refractivity contribution in [3.05, 3.63) is 28.8 Å². The molecule has 21 heavy (non-hydrogen) atoms. The third kappa shape index (κ3) is 4.81. The van der Waals surface area contributed by atoms with Gasteiger partial charge in [-0.05, 0) is 43.5 Å². The van der Waals surface area contributed by atoms with Crippen LogP contribution >= 0.6 is 11.6 Å². The Morgan fingerprint density at radius 2 is 1.90 bits per heavy atom. The summed E-state index contributed by atoms with van der Waals surface area (Å²) in [6.07, 6.45) is -2.39. The molecule has 0 aliphatic heterocycles. The fraction of sp³-hybridized carbons (Fsp3) is 0.500. The van der Waals surface area contributed by atoms with E-state index in [2.05, 4.69) is 4.99 Å². The van der Waals surface area contributed by atoms with Crippen LogP contribution in [0.15, 0.2) is 23.2 Å². The third-order valence-corrected chi connectivity index (χ3v) is 3.34. The molecule has 1 rings (SSSR count). The normalized spacial score (nSPS) is 15.0. The number of rotatable bonds is 6. The number of carbonyl (C=O) groups excluding carboxylic acids is 1. The molecule has 0 bridgehead atoms. The number of carbonyl (C=O) groups is 1. The van der Waals surface area contributed by atoms with Crippen LogP contribution in [0.4, 0.5) is 4.39 Å². The molecule has 0 fully saturated rings. The molecular formula is C16H21ClFNO2. The summed E-state index contributed by atoms with van der Waals surface area (Å²) in [5.74, 6) is 0.403. The quantitative estimate of drug-likeness (QED) is 0.737. The SMILES string of the molecule is CN=C(C(C)F)C(Oc1cc(Cl)cc(C(C)C)c1)C(C)=O. The van der Waals surface area contributed by atoms with Gasteiger partial charge >= 0.3 is 0 Å². The zero-order chi connectivity index (χ0) is 16.2. The molecule has 0 radical (unpaired) electrons. The second-order valence-corrected chi connectivity index (χ2v) is 5.68. The number of halogens is 2. The molecule has 0 aliphatic carbocycles. The maximum atomic E-state index is 13.6. The zero-order valence-electron chi connectivity index (χ0n) is 13.0. The Kier molecular flexibility index (Phi) is 6.34. The molecule has 0 amide bonds. The summed E-state index contributed by atoms with van der Waals surface area (Å²) in [7, 11) is 1.45. The smallest absolute Gasteiger partial charge is 0.197 e. The van der Waals surface area contributed by atoms with E-state index >= 15 is 0 Å². The Hall–Kier alpha value is -1.42. The summed E-state index contributed by atoms with van der Waals surface area (Å²) < 4.78 is 19.2. The van der Waals surface area contributed by atoms with Gasteiger partial charge in [0.25, 0.3) is 0 Å². The van der Waals surface area contributed by atoms with Crippen LogP contribution in [-0.4, -0.2) is 30.8 Å². The highest BCUT2D eigenvalue weighted by Gasteiger charge is 2.27. The topological polar surface area (TPSA) is 38.7 Å². The number of nitrogens with zero attached hydrogens (tertiary/aromatic N) is 1. The molecule has 0 saturated carbocycles. The van der Waals surface area contributed by atoms with Gasteiger partial charge in [0.15, 0.2) is 11.9 Å². The molecule has 1 aromatic carbocycles. The lowest BCUT2D eigenvalue weighted by molar-refractivity contribution is -0.121.